The first-order valence-electron chi connectivity index (χ1n) is 8.27. The minimum atomic E-state index is -0.0932. The number of hydrogen-bond donors (Lipinski definition) is 1. The highest BCUT2D eigenvalue weighted by Gasteiger charge is 2.59. The van der Waals surface area contributed by atoms with Crippen molar-refractivity contribution >= 4 is 0 Å². The SMILES string of the molecule is O[C@H]1CC2(CC2)N(Cc2ccccc2)C1C1CCCC1. The van der Waals surface area contributed by atoms with Crippen molar-refractivity contribution in [1.82, 2.24) is 4.90 Å². The Kier molecular flexibility index (Phi) is 3.12. The maximum absolute atomic E-state index is 10.6. The van der Waals surface area contributed by atoms with Gasteiger partial charge in [-0.15, -0.1) is 0 Å². The fraction of sp³-hybridized carbons (Fsp3) is 0.667. The molecule has 0 aromatic heterocycles. The van der Waals surface area contributed by atoms with Crippen LogP contribution < -0.4 is 0 Å². The van der Waals surface area contributed by atoms with E-state index in [4.69, 9.17) is 0 Å². The van der Waals surface area contributed by atoms with E-state index < -0.39 is 0 Å². The van der Waals surface area contributed by atoms with Crippen molar-refractivity contribution in [3.05, 3.63) is 35.9 Å². The summed E-state index contributed by atoms with van der Waals surface area (Å²) in [6.07, 6.45) is 8.87. The van der Waals surface area contributed by atoms with E-state index in [2.05, 4.69) is 35.2 Å². The third-order valence-electron chi connectivity index (χ3n) is 5.86. The van der Waals surface area contributed by atoms with Crippen LogP contribution in [0.4, 0.5) is 0 Å². The summed E-state index contributed by atoms with van der Waals surface area (Å²) < 4.78 is 0. The second-order valence-electron chi connectivity index (χ2n) is 7.14. The van der Waals surface area contributed by atoms with Gasteiger partial charge in [0.25, 0.3) is 0 Å². The Hall–Kier alpha value is -0.860. The van der Waals surface area contributed by atoms with Crippen molar-refractivity contribution in [1.29, 1.82) is 0 Å². The van der Waals surface area contributed by atoms with E-state index >= 15 is 0 Å². The molecule has 1 aliphatic heterocycles. The Balaban J connectivity index is 1.59. The molecular weight excluding hydrogens is 246 g/mol. The molecule has 3 fully saturated rings. The first-order valence-corrected chi connectivity index (χ1v) is 8.27. The van der Waals surface area contributed by atoms with Crippen molar-refractivity contribution < 1.29 is 5.11 Å². The van der Waals surface area contributed by atoms with Crippen LogP contribution in [0.3, 0.4) is 0 Å². The Bertz CT molecular complexity index is 462. The Morgan fingerprint density at radius 3 is 2.45 bits per heavy atom. The minimum Gasteiger partial charge on any atom is -0.391 e. The fourth-order valence-electron chi connectivity index (χ4n) is 4.71. The molecule has 1 aromatic carbocycles. The average Bonchev–Trinajstić information content (AvgIpc) is 2.93. The highest BCUT2D eigenvalue weighted by atomic mass is 16.3. The maximum atomic E-state index is 10.6. The molecule has 2 heteroatoms. The van der Waals surface area contributed by atoms with Gasteiger partial charge in [0.2, 0.25) is 0 Å². The predicted molar refractivity (Wildman–Crippen MR) is 80.3 cm³/mol. The van der Waals surface area contributed by atoms with Crippen LogP contribution in [0.5, 0.6) is 0 Å². The minimum absolute atomic E-state index is 0.0932. The van der Waals surface area contributed by atoms with Crippen LogP contribution in [0.1, 0.15) is 50.5 Å². The van der Waals surface area contributed by atoms with E-state index in [9.17, 15) is 5.11 Å². The lowest BCUT2D eigenvalue weighted by Gasteiger charge is -2.34. The highest BCUT2D eigenvalue weighted by Crippen LogP contribution is 2.55. The van der Waals surface area contributed by atoms with Crippen LogP contribution in [-0.2, 0) is 6.54 Å². The molecule has 3 aliphatic rings. The second-order valence-corrected chi connectivity index (χ2v) is 7.14. The van der Waals surface area contributed by atoms with E-state index in [0.29, 0.717) is 11.6 Å². The first kappa shape index (κ1) is 12.8. The molecule has 4 rings (SSSR count). The molecule has 108 valence electrons. The molecule has 20 heavy (non-hydrogen) atoms. The zero-order valence-electron chi connectivity index (χ0n) is 12.2. The van der Waals surface area contributed by atoms with Gasteiger partial charge in [0.1, 0.15) is 0 Å². The van der Waals surface area contributed by atoms with Gasteiger partial charge in [0.05, 0.1) is 6.10 Å². The fourth-order valence-corrected chi connectivity index (χ4v) is 4.71. The molecule has 1 spiro atoms. The number of nitrogens with zero attached hydrogens (tertiary/aromatic N) is 1. The third kappa shape index (κ3) is 2.10. The smallest absolute Gasteiger partial charge is 0.0716 e. The van der Waals surface area contributed by atoms with Gasteiger partial charge in [-0.3, -0.25) is 4.90 Å². The normalized spacial score (nSPS) is 33.0. The van der Waals surface area contributed by atoms with Crippen LogP contribution >= 0.6 is 0 Å². The number of aliphatic hydroxyl groups is 1. The lowest BCUT2D eigenvalue weighted by Crippen LogP contribution is -2.43. The van der Waals surface area contributed by atoms with Gasteiger partial charge in [-0.05, 0) is 43.6 Å². The molecule has 2 atom stereocenters. The molecule has 2 saturated carbocycles. The summed E-state index contributed by atoms with van der Waals surface area (Å²) in [7, 11) is 0. The quantitative estimate of drug-likeness (QED) is 0.911. The Morgan fingerprint density at radius 2 is 1.80 bits per heavy atom. The number of likely N-dealkylation sites (tertiary alicyclic amines) is 1. The highest BCUT2D eigenvalue weighted by molar-refractivity contribution is 5.20. The van der Waals surface area contributed by atoms with Gasteiger partial charge >= 0.3 is 0 Å². The monoisotopic (exact) mass is 271 g/mol. The van der Waals surface area contributed by atoms with E-state index in [1.165, 1.54) is 44.1 Å². The van der Waals surface area contributed by atoms with Gasteiger partial charge in [0.15, 0.2) is 0 Å². The summed E-state index contributed by atoms with van der Waals surface area (Å²) in [4.78, 5) is 2.68. The van der Waals surface area contributed by atoms with E-state index in [1.807, 2.05) is 0 Å². The van der Waals surface area contributed by atoms with Gasteiger partial charge in [-0.2, -0.15) is 0 Å². The van der Waals surface area contributed by atoms with Crippen LogP contribution in [0.15, 0.2) is 30.3 Å². The summed E-state index contributed by atoms with van der Waals surface area (Å²) in [6.45, 7) is 1.03. The Labute approximate surface area is 121 Å². The lowest BCUT2D eigenvalue weighted by molar-refractivity contribution is 0.0620. The maximum Gasteiger partial charge on any atom is 0.0716 e. The van der Waals surface area contributed by atoms with Gasteiger partial charge in [0, 0.05) is 18.1 Å². The second kappa shape index (κ2) is 4.85. The van der Waals surface area contributed by atoms with E-state index in [1.54, 1.807) is 0 Å². The molecule has 0 radical (unpaired) electrons. The van der Waals surface area contributed by atoms with Crippen molar-refractivity contribution in [2.75, 3.05) is 0 Å². The number of benzene rings is 1. The molecule has 2 aliphatic carbocycles. The van der Waals surface area contributed by atoms with Gasteiger partial charge < -0.3 is 5.11 Å². The van der Waals surface area contributed by atoms with Crippen molar-refractivity contribution in [2.24, 2.45) is 5.92 Å². The van der Waals surface area contributed by atoms with Crippen LogP contribution in [-0.4, -0.2) is 27.7 Å². The van der Waals surface area contributed by atoms with E-state index in [-0.39, 0.29) is 6.10 Å². The summed E-state index contributed by atoms with van der Waals surface area (Å²) in [6, 6.07) is 11.2. The first-order chi connectivity index (χ1) is 9.78. The summed E-state index contributed by atoms with van der Waals surface area (Å²) in [5, 5.41) is 10.6. The predicted octanol–water partition coefficient (Wildman–Crippen LogP) is 3.34. The van der Waals surface area contributed by atoms with Crippen molar-refractivity contribution in [3.8, 4) is 0 Å². The number of rotatable bonds is 3. The van der Waals surface area contributed by atoms with Crippen LogP contribution in [0, 0.1) is 5.92 Å². The zero-order valence-corrected chi connectivity index (χ0v) is 12.2. The molecular formula is C18H25NO. The molecule has 1 heterocycles. The lowest BCUT2D eigenvalue weighted by atomic mass is 9.94. The average molecular weight is 271 g/mol. The summed E-state index contributed by atoms with van der Waals surface area (Å²) in [5.41, 5.74) is 1.75. The third-order valence-corrected chi connectivity index (χ3v) is 5.86. The molecule has 2 nitrogen and oxygen atoms in total. The topological polar surface area (TPSA) is 23.5 Å². The van der Waals surface area contributed by atoms with Gasteiger partial charge in [-0.1, -0.05) is 43.2 Å². The van der Waals surface area contributed by atoms with E-state index in [0.717, 1.165) is 18.9 Å². The van der Waals surface area contributed by atoms with Crippen LogP contribution in [0.2, 0.25) is 0 Å². The number of hydrogen-bond acceptors (Lipinski definition) is 2. The summed E-state index contributed by atoms with van der Waals surface area (Å²) >= 11 is 0. The zero-order chi connectivity index (χ0) is 13.6. The standard InChI is InChI=1S/C18H25NO/c20-16-12-18(10-11-18)19(13-14-6-2-1-3-7-14)17(16)15-8-4-5-9-15/h1-3,6-7,15-17,20H,4-5,8-13H2/t16-,17?/m0/s1. The molecule has 1 saturated heterocycles. The number of aliphatic hydroxyl groups excluding tert-OH is 1. The van der Waals surface area contributed by atoms with Gasteiger partial charge in [-0.25, -0.2) is 0 Å². The largest absolute Gasteiger partial charge is 0.391 e. The van der Waals surface area contributed by atoms with Crippen molar-refractivity contribution in [2.45, 2.75) is 69.2 Å². The molecule has 0 amide bonds. The van der Waals surface area contributed by atoms with Crippen LogP contribution in [0.25, 0.3) is 0 Å². The molecule has 1 aromatic rings. The van der Waals surface area contributed by atoms with Crippen molar-refractivity contribution in [3.63, 3.8) is 0 Å². The summed E-state index contributed by atoms with van der Waals surface area (Å²) in [5.74, 6) is 0.730. The molecule has 1 N–H and O–H groups in total. The Morgan fingerprint density at radius 1 is 1.10 bits per heavy atom. The molecule has 1 unspecified atom stereocenters. The molecule has 0 bridgehead atoms.